The van der Waals surface area contributed by atoms with Crippen molar-refractivity contribution in [3.8, 4) is 0 Å². The summed E-state index contributed by atoms with van der Waals surface area (Å²) in [5.41, 5.74) is 1.32. The lowest BCUT2D eigenvalue weighted by Gasteiger charge is -2.32. The van der Waals surface area contributed by atoms with E-state index in [0.717, 1.165) is 51.1 Å². The van der Waals surface area contributed by atoms with E-state index in [1.165, 1.54) is 24.8 Å². The molecule has 0 aromatic heterocycles. The molecule has 2 saturated heterocycles. The lowest BCUT2D eigenvalue weighted by molar-refractivity contribution is 0.0744. The smallest absolute Gasteiger partial charge is 0.256 e. The Morgan fingerprint density at radius 1 is 1.15 bits per heavy atom. The highest BCUT2D eigenvalue weighted by molar-refractivity contribution is 7.89. The van der Waals surface area contributed by atoms with Crippen LogP contribution in [-0.4, -0.2) is 76.9 Å². The summed E-state index contributed by atoms with van der Waals surface area (Å²) in [5, 5.41) is 3.28. The minimum atomic E-state index is -3.59. The fourth-order valence-electron chi connectivity index (χ4n) is 3.79. The van der Waals surface area contributed by atoms with E-state index in [-0.39, 0.29) is 16.8 Å². The molecule has 1 amide bonds. The molecule has 1 atom stereocenters. The van der Waals surface area contributed by atoms with Crippen LogP contribution < -0.4 is 10.2 Å². The van der Waals surface area contributed by atoms with E-state index in [2.05, 4.69) is 10.2 Å². The summed E-state index contributed by atoms with van der Waals surface area (Å²) in [6, 6.07) is 5.12. The predicted molar refractivity (Wildman–Crippen MR) is 107 cm³/mol. The number of hydrogen-bond donors (Lipinski definition) is 1. The van der Waals surface area contributed by atoms with Crippen LogP contribution in [0.3, 0.4) is 0 Å². The number of sulfonamides is 1. The maximum atomic E-state index is 13.3. The molecule has 27 heavy (non-hydrogen) atoms. The highest BCUT2D eigenvalue weighted by atomic mass is 32.2. The first-order valence-electron chi connectivity index (χ1n) is 9.62. The van der Waals surface area contributed by atoms with Gasteiger partial charge in [0.15, 0.2) is 0 Å². The van der Waals surface area contributed by atoms with Gasteiger partial charge in [0, 0.05) is 52.5 Å². The molecule has 0 radical (unpaired) electrons. The third kappa shape index (κ3) is 4.12. The molecular formula is C19H30N4O3S. The van der Waals surface area contributed by atoms with Gasteiger partial charge in [-0.05, 0) is 50.4 Å². The molecule has 1 N–H and O–H groups in total. The minimum Gasteiger partial charge on any atom is -0.371 e. The van der Waals surface area contributed by atoms with Crippen molar-refractivity contribution >= 4 is 21.6 Å². The van der Waals surface area contributed by atoms with Crippen LogP contribution in [0.2, 0.25) is 0 Å². The van der Waals surface area contributed by atoms with Crippen LogP contribution in [0, 0.1) is 0 Å². The molecule has 1 unspecified atom stereocenters. The van der Waals surface area contributed by atoms with Crippen molar-refractivity contribution in [3.63, 3.8) is 0 Å². The SMILES string of the molecule is CN(C(=O)c1cc(S(=O)(=O)N(C)C)ccc1N1CCCCC1)C1CCNC1. The number of hydrogen-bond acceptors (Lipinski definition) is 5. The van der Waals surface area contributed by atoms with E-state index in [4.69, 9.17) is 0 Å². The summed E-state index contributed by atoms with van der Waals surface area (Å²) in [6.07, 6.45) is 4.29. The first kappa shape index (κ1) is 20.1. The Kier molecular flexibility index (Phi) is 6.08. The van der Waals surface area contributed by atoms with E-state index >= 15 is 0 Å². The fraction of sp³-hybridized carbons (Fsp3) is 0.632. The normalized spacial score (nSPS) is 20.9. The molecular weight excluding hydrogens is 364 g/mol. The topological polar surface area (TPSA) is 73.0 Å². The average molecular weight is 395 g/mol. The molecule has 0 aliphatic carbocycles. The maximum absolute atomic E-state index is 13.3. The molecule has 1 aromatic rings. The molecule has 2 fully saturated rings. The number of benzene rings is 1. The second kappa shape index (κ2) is 8.16. The number of amides is 1. The van der Waals surface area contributed by atoms with Gasteiger partial charge in [0.05, 0.1) is 10.5 Å². The van der Waals surface area contributed by atoms with Gasteiger partial charge >= 0.3 is 0 Å². The Balaban J connectivity index is 2.01. The number of carbonyl (C=O) groups is 1. The standard InChI is InChI=1S/C19H30N4O3S/c1-21(2)27(25,26)16-7-8-18(23-11-5-4-6-12-23)17(13-16)19(24)22(3)15-9-10-20-14-15/h7-8,13,15,20H,4-6,9-12,14H2,1-3H3. The van der Waals surface area contributed by atoms with E-state index in [1.54, 1.807) is 23.1 Å². The van der Waals surface area contributed by atoms with Crippen LogP contribution in [-0.2, 0) is 10.0 Å². The van der Waals surface area contributed by atoms with E-state index < -0.39 is 10.0 Å². The van der Waals surface area contributed by atoms with Crippen LogP contribution >= 0.6 is 0 Å². The number of rotatable bonds is 5. The molecule has 150 valence electrons. The van der Waals surface area contributed by atoms with Gasteiger partial charge in [-0.3, -0.25) is 4.79 Å². The summed E-state index contributed by atoms with van der Waals surface area (Å²) < 4.78 is 26.4. The highest BCUT2D eigenvalue weighted by Gasteiger charge is 2.29. The Morgan fingerprint density at radius 2 is 1.85 bits per heavy atom. The number of likely N-dealkylation sites (N-methyl/N-ethyl adjacent to an activating group) is 1. The van der Waals surface area contributed by atoms with Crippen LogP contribution in [0.5, 0.6) is 0 Å². The van der Waals surface area contributed by atoms with Crippen molar-refractivity contribution in [1.29, 1.82) is 0 Å². The van der Waals surface area contributed by atoms with E-state index in [9.17, 15) is 13.2 Å². The summed E-state index contributed by atoms with van der Waals surface area (Å²) in [5.74, 6) is -0.111. The molecule has 8 heteroatoms. The maximum Gasteiger partial charge on any atom is 0.256 e. The molecule has 2 heterocycles. The minimum absolute atomic E-state index is 0.111. The lowest BCUT2D eigenvalue weighted by atomic mass is 10.1. The zero-order chi connectivity index (χ0) is 19.6. The van der Waals surface area contributed by atoms with Crippen molar-refractivity contribution in [3.05, 3.63) is 23.8 Å². The number of nitrogens with zero attached hydrogens (tertiary/aromatic N) is 3. The Morgan fingerprint density at radius 3 is 2.44 bits per heavy atom. The van der Waals surface area contributed by atoms with Gasteiger partial charge in [0.1, 0.15) is 0 Å². The van der Waals surface area contributed by atoms with Crippen molar-refractivity contribution in [2.75, 3.05) is 52.2 Å². The largest absolute Gasteiger partial charge is 0.371 e. The highest BCUT2D eigenvalue weighted by Crippen LogP contribution is 2.29. The number of piperidine rings is 1. The zero-order valence-corrected chi connectivity index (χ0v) is 17.3. The molecule has 1 aromatic carbocycles. The Hall–Kier alpha value is -1.64. The second-order valence-corrected chi connectivity index (χ2v) is 9.73. The fourth-order valence-corrected chi connectivity index (χ4v) is 4.72. The molecule has 3 rings (SSSR count). The van der Waals surface area contributed by atoms with Crippen LogP contribution in [0.25, 0.3) is 0 Å². The second-order valence-electron chi connectivity index (χ2n) is 7.58. The summed E-state index contributed by atoms with van der Waals surface area (Å²) >= 11 is 0. The lowest BCUT2D eigenvalue weighted by Crippen LogP contribution is -2.40. The number of nitrogens with one attached hydrogen (secondary N) is 1. The molecule has 0 bridgehead atoms. The van der Waals surface area contributed by atoms with Crippen molar-refractivity contribution in [1.82, 2.24) is 14.5 Å². The van der Waals surface area contributed by atoms with Crippen molar-refractivity contribution in [2.24, 2.45) is 0 Å². The van der Waals surface area contributed by atoms with Crippen LogP contribution in [0.1, 0.15) is 36.0 Å². The van der Waals surface area contributed by atoms with Gasteiger partial charge < -0.3 is 15.1 Å². The van der Waals surface area contributed by atoms with E-state index in [0.29, 0.717) is 5.56 Å². The van der Waals surface area contributed by atoms with Gasteiger partial charge in [-0.25, -0.2) is 12.7 Å². The summed E-state index contributed by atoms with van der Waals surface area (Å²) in [4.78, 5) is 17.4. The third-order valence-corrected chi connectivity index (χ3v) is 7.39. The predicted octanol–water partition coefficient (Wildman–Crippen LogP) is 1.36. The zero-order valence-electron chi connectivity index (χ0n) is 16.4. The van der Waals surface area contributed by atoms with Crippen molar-refractivity contribution < 1.29 is 13.2 Å². The first-order chi connectivity index (χ1) is 12.8. The molecule has 0 saturated carbocycles. The Bertz CT molecular complexity index is 782. The quantitative estimate of drug-likeness (QED) is 0.816. The van der Waals surface area contributed by atoms with Crippen LogP contribution in [0.4, 0.5) is 5.69 Å². The first-order valence-corrected chi connectivity index (χ1v) is 11.1. The average Bonchev–Trinajstić information content (AvgIpc) is 3.21. The molecule has 7 nitrogen and oxygen atoms in total. The monoisotopic (exact) mass is 394 g/mol. The molecule has 2 aliphatic heterocycles. The van der Waals surface area contributed by atoms with E-state index in [1.807, 2.05) is 7.05 Å². The van der Waals surface area contributed by atoms with Gasteiger partial charge in [-0.2, -0.15) is 0 Å². The van der Waals surface area contributed by atoms with Gasteiger partial charge in [0.2, 0.25) is 10.0 Å². The number of carbonyl (C=O) groups excluding carboxylic acids is 1. The van der Waals surface area contributed by atoms with Crippen LogP contribution in [0.15, 0.2) is 23.1 Å². The third-order valence-electron chi connectivity index (χ3n) is 5.58. The summed E-state index contributed by atoms with van der Waals surface area (Å²) in [6.45, 7) is 3.47. The van der Waals surface area contributed by atoms with Gasteiger partial charge in [-0.15, -0.1) is 0 Å². The Labute approximate surface area is 162 Å². The molecule has 0 spiro atoms. The molecule has 2 aliphatic rings. The number of anilines is 1. The summed E-state index contributed by atoms with van der Waals surface area (Å²) in [7, 11) is 1.23. The van der Waals surface area contributed by atoms with Crippen molar-refractivity contribution in [2.45, 2.75) is 36.6 Å². The van der Waals surface area contributed by atoms with Gasteiger partial charge in [-0.1, -0.05) is 0 Å². The van der Waals surface area contributed by atoms with Gasteiger partial charge in [0.25, 0.3) is 5.91 Å².